The molecule has 1 rings (SSSR count). The Kier molecular flexibility index (Phi) is 4.08. The fourth-order valence-electron chi connectivity index (χ4n) is 1.61. The summed E-state index contributed by atoms with van der Waals surface area (Å²) in [6.45, 7) is 1.72. The highest BCUT2D eigenvalue weighted by molar-refractivity contribution is 5.82. The molecule has 1 heterocycles. The molecule has 7 nitrogen and oxygen atoms in total. The van der Waals surface area contributed by atoms with E-state index in [2.05, 4.69) is 9.47 Å². The van der Waals surface area contributed by atoms with Gasteiger partial charge < -0.3 is 19.7 Å². The number of aliphatic hydroxyl groups is 2. The first-order chi connectivity index (χ1) is 7.52. The normalized spacial score (nSPS) is 29.0. The Balaban J connectivity index is 2.83. The van der Waals surface area contributed by atoms with Crippen LogP contribution in [-0.2, 0) is 14.3 Å². The van der Waals surface area contributed by atoms with Crippen LogP contribution in [0.1, 0.15) is 13.3 Å². The van der Waals surface area contributed by atoms with E-state index >= 15 is 0 Å². The number of amides is 1. The summed E-state index contributed by atoms with van der Waals surface area (Å²) in [5.74, 6) is -0.691. The van der Waals surface area contributed by atoms with Crippen LogP contribution in [-0.4, -0.2) is 59.3 Å². The van der Waals surface area contributed by atoms with Gasteiger partial charge in [-0.2, -0.15) is 0 Å². The largest absolute Gasteiger partial charge is 0.467 e. The molecule has 3 atom stereocenters. The minimum atomic E-state index is -1.44. The van der Waals surface area contributed by atoms with Crippen molar-refractivity contribution in [3.05, 3.63) is 0 Å². The lowest BCUT2D eigenvalue weighted by Gasteiger charge is -2.24. The Labute approximate surface area is 92.6 Å². The minimum absolute atomic E-state index is 0.0628. The molecule has 92 valence electrons. The van der Waals surface area contributed by atoms with Gasteiger partial charge >= 0.3 is 12.1 Å². The fourth-order valence-corrected chi connectivity index (χ4v) is 1.61. The Hall–Kier alpha value is -1.34. The van der Waals surface area contributed by atoms with Gasteiger partial charge in [0.2, 0.25) is 0 Å². The van der Waals surface area contributed by atoms with Crippen molar-refractivity contribution in [1.29, 1.82) is 0 Å². The zero-order valence-electron chi connectivity index (χ0n) is 9.12. The molecule has 1 aliphatic heterocycles. The maximum absolute atomic E-state index is 11.5. The molecule has 0 aliphatic carbocycles. The Morgan fingerprint density at radius 2 is 2.06 bits per heavy atom. The van der Waals surface area contributed by atoms with E-state index in [4.69, 9.17) is 0 Å². The number of carbonyl (C=O) groups excluding carboxylic acids is 2. The molecular weight excluding hydrogens is 218 g/mol. The molecule has 0 aromatic carbocycles. The van der Waals surface area contributed by atoms with Crippen LogP contribution in [0.5, 0.6) is 0 Å². The molecular formula is C9H15NO6. The first-order valence-corrected chi connectivity index (χ1v) is 4.92. The van der Waals surface area contributed by atoms with Gasteiger partial charge in [-0.3, -0.25) is 4.90 Å². The summed E-state index contributed by atoms with van der Waals surface area (Å²) in [6, 6.07) is -1.01. The zero-order chi connectivity index (χ0) is 12.3. The van der Waals surface area contributed by atoms with Crippen LogP contribution >= 0.6 is 0 Å². The summed E-state index contributed by atoms with van der Waals surface area (Å²) in [6.07, 6.45) is -3.52. The molecule has 0 radical (unpaired) electrons. The van der Waals surface area contributed by atoms with Crippen LogP contribution in [0.25, 0.3) is 0 Å². The molecule has 0 aromatic heterocycles. The third kappa shape index (κ3) is 2.25. The SMILES string of the molecule is CCOC(=O)N1C(C(=O)OC)CC(O)C1O. The van der Waals surface area contributed by atoms with Gasteiger partial charge in [0.1, 0.15) is 12.1 Å². The molecule has 0 bridgehead atoms. The lowest BCUT2D eigenvalue weighted by Crippen LogP contribution is -2.46. The number of rotatable bonds is 2. The van der Waals surface area contributed by atoms with E-state index in [1.807, 2.05) is 0 Å². The summed E-state index contributed by atoms with van der Waals surface area (Å²) in [7, 11) is 1.17. The van der Waals surface area contributed by atoms with Crippen molar-refractivity contribution in [2.75, 3.05) is 13.7 Å². The summed E-state index contributed by atoms with van der Waals surface area (Å²) < 4.78 is 9.16. The van der Waals surface area contributed by atoms with E-state index in [0.29, 0.717) is 0 Å². The number of esters is 1. The summed E-state index contributed by atoms with van der Waals surface area (Å²) >= 11 is 0. The summed E-state index contributed by atoms with van der Waals surface area (Å²) in [4.78, 5) is 23.6. The first-order valence-electron chi connectivity index (χ1n) is 4.92. The van der Waals surface area contributed by atoms with Crippen LogP contribution < -0.4 is 0 Å². The predicted octanol–water partition coefficient (Wildman–Crippen LogP) is -0.931. The van der Waals surface area contributed by atoms with E-state index in [1.165, 1.54) is 7.11 Å². The lowest BCUT2D eigenvalue weighted by atomic mass is 10.2. The highest BCUT2D eigenvalue weighted by Crippen LogP contribution is 2.24. The number of aliphatic hydroxyl groups excluding tert-OH is 2. The summed E-state index contributed by atoms with van der Waals surface area (Å²) in [5, 5.41) is 18.9. The molecule has 0 saturated carbocycles. The maximum Gasteiger partial charge on any atom is 0.412 e. The average Bonchev–Trinajstić information content (AvgIpc) is 2.55. The zero-order valence-corrected chi connectivity index (χ0v) is 9.12. The van der Waals surface area contributed by atoms with Crippen molar-refractivity contribution in [3.8, 4) is 0 Å². The second-order valence-electron chi connectivity index (χ2n) is 3.36. The third-order valence-electron chi connectivity index (χ3n) is 2.38. The number of likely N-dealkylation sites (tertiary alicyclic amines) is 1. The van der Waals surface area contributed by atoms with E-state index in [0.717, 1.165) is 4.90 Å². The average molecular weight is 233 g/mol. The quantitative estimate of drug-likeness (QED) is 0.598. The number of carbonyl (C=O) groups is 2. The molecule has 2 N–H and O–H groups in total. The molecule has 0 aromatic rings. The number of ether oxygens (including phenoxy) is 2. The molecule has 0 spiro atoms. The van der Waals surface area contributed by atoms with Gasteiger partial charge in [-0.1, -0.05) is 0 Å². The van der Waals surface area contributed by atoms with Crippen molar-refractivity contribution in [2.45, 2.75) is 31.7 Å². The molecule has 1 aliphatic rings. The van der Waals surface area contributed by atoms with E-state index < -0.39 is 30.4 Å². The lowest BCUT2D eigenvalue weighted by molar-refractivity contribution is -0.147. The first kappa shape index (κ1) is 12.7. The monoisotopic (exact) mass is 233 g/mol. The minimum Gasteiger partial charge on any atom is -0.467 e. The number of hydrogen-bond acceptors (Lipinski definition) is 6. The molecule has 1 amide bonds. The standard InChI is InChI=1S/C9H15NO6/c1-3-16-9(14)10-5(8(13)15-2)4-6(11)7(10)12/h5-7,11-12H,3-4H2,1-2H3. The highest BCUT2D eigenvalue weighted by atomic mass is 16.6. The third-order valence-corrected chi connectivity index (χ3v) is 2.38. The van der Waals surface area contributed by atoms with Gasteiger partial charge in [-0.25, -0.2) is 9.59 Å². The smallest absolute Gasteiger partial charge is 0.412 e. The van der Waals surface area contributed by atoms with E-state index in [1.54, 1.807) is 6.92 Å². The van der Waals surface area contributed by atoms with Crippen molar-refractivity contribution >= 4 is 12.1 Å². The van der Waals surface area contributed by atoms with Gasteiger partial charge in [0.15, 0.2) is 6.23 Å². The number of methoxy groups -OCH3 is 1. The van der Waals surface area contributed by atoms with Crippen molar-refractivity contribution in [1.82, 2.24) is 4.90 Å². The van der Waals surface area contributed by atoms with Gasteiger partial charge in [-0.15, -0.1) is 0 Å². The number of hydrogen-bond donors (Lipinski definition) is 2. The van der Waals surface area contributed by atoms with Crippen LogP contribution in [0.2, 0.25) is 0 Å². The van der Waals surface area contributed by atoms with Gasteiger partial charge in [0.25, 0.3) is 0 Å². The number of nitrogens with zero attached hydrogens (tertiary/aromatic N) is 1. The molecule has 1 saturated heterocycles. The van der Waals surface area contributed by atoms with Crippen molar-refractivity contribution < 1.29 is 29.3 Å². The van der Waals surface area contributed by atoms with Gasteiger partial charge in [-0.05, 0) is 6.92 Å². The van der Waals surface area contributed by atoms with Gasteiger partial charge in [0.05, 0.1) is 13.7 Å². The van der Waals surface area contributed by atoms with Crippen LogP contribution in [0.15, 0.2) is 0 Å². The molecule has 3 unspecified atom stereocenters. The van der Waals surface area contributed by atoms with E-state index in [-0.39, 0.29) is 13.0 Å². The van der Waals surface area contributed by atoms with Gasteiger partial charge in [0, 0.05) is 6.42 Å². The Morgan fingerprint density at radius 1 is 1.44 bits per heavy atom. The Bertz CT molecular complexity index is 281. The van der Waals surface area contributed by atoms with Crippen molar-refractivity contribution in [3.63, 3.8) is 0 Å². The van der Waals surface area contributed by atoms with Crippen molar-refractivity contribution in [2.24, 2.45) is 0 Å². The van der Waals surface area contributed by atoms with Crippen LogP contribution in [0, 0.1) is 0 Å². The topological polar surface area (TPSA) is 96.3 Å². The summed E-state index contributed by atoms with van der Waals surface area (Å²) in [5.41, 5.74) is 0. The molecule has 1 fully saturated rings. The van der Waals surface area contributed by atoms with E-state index in [9.17, 15) is 19.8 Å². The molecule has 7 heteroatoms. The maximum atomic E-state index is 11.5. The second-order valence-corrected chi connectivity index (χ2v) is 3.36. The fraction of sp³-hybridized carbons (Fsp3) is 0.778. The predicted molar refractivity (Wildman–Crippen MR) is 51.3 cm³/mol. The van der Waals surface area contributed by atoms with Crippen LogP contribution in [0.3, 0.4) is 0 Å². The Morgan fingerprint density at radius 3 is 2.56 bits per heavy atom. The highest BCUT2D eigenvalue weighted by Gasteiger charge is 2.47. The van der Waals surface area contributed by atoms with Crippen LogP contribution in [0.4, 0.5) is 4.79 Å². The second kappa shape index (κ2) is 5.13. The molecule has 16 heavy (non-hydrogen) atoms.